The molecule has 2 nitrogen and oxygen atoms in total. The lowest BCUT2D eigenvalue weighted by Gasteiger charge is -2.34. The molecule has 2 atom stereocenters. The number of hydrogen-bond donors (Lipinski definition) is 1. The summed E-state index contributed by atoms with van der Waals surface area (Å²) in [7, 11) is 3.86. The van der Waals surface area contributed by atoms with Gasteiger partial charge >= 0.3 is 0 Å². The molecule has 2 unspecified atom stereocenters. The molecule has 0 aromatic rings. The Hall–Kier alpha value is -0.340. The first-order chi connectivity index (χ1) is 7.33. The molecule has 0 aromatic heterocycles. The van der Waals surface area contributed by atoms with Gasteiger partial charge < -0.3 is 10.1 Å². The minimum Gasteiger partial charge on any atom is -0.380 e. The first-order valence-corrected chi connectivity index (χ1v) is 6.14. The van der Waals surface area contributed by atoms with Crippen LogP contribution in [0.15, 0.2) is 12.7 Å². The third-order valence-electron chi connectivity index (χ3n) is 3.57. The largest absolute Gasteiger partial charge is 0.380 e. The fourth-order valence-corrected chi connectivity index (χ4v) is 2.74. The van der Waals surface area contributed by atoms with E-state index in [1.165, 1.54) is 32.1 Å². The molecular weight excluding hydrogens is 186 g/mol. The highest BCUT2D eigenvalue weighted by molar-refractivity contribution is 4.88. The average Bonchev–Trinajstić information content (AvgIpc) is 2.30. The number of hydrogen-bond acceptors (Lipinski definition) is 2. The molecule has 0 heterocycles. The normalized spacial score (nSPS) is 22.3. The van der Waals surface area contributed by atoms with Gasteiger partial charge in [-0.05, 0) is 32.2 Å². The summed E-state index contributed by atoms with van der Waals surface area (Å²) in [5, 5.41) is 3.36. The van der Waals surface area contributed by atoms with Crippen molar-refractivity contribution in [3.63, 3.8) is 0 Å². The van der Waals surface area contributed by atoms with Gasteiger partial charge in [0, 0.05) is 13.2 Å². The van der Waals surface area contributed by atoms with Crippen LogP contribution in [0.3, 0.4) is 0 Å². The van der Waals surface area contributed by atoms with Gasteiger partial charge in [-0.25, -0.2) is 0 Å². The SMILES string of the molecule is C=CCC(NC)C(OC)C1CCCCC1. The Labute approximate surface area is 94.1 Å². The van der Waals surface area contributed by atoms with Crippen molar-refractivity contribution in [2.24, 2.45) is 5.92 Å². The molecule has 1 rings (SSSR count). The summed E-state index contributed by atoms with van der Waals surface area (Å²) < 4.78 is 5.69. The maximum atomic E-state index is 5.69. The number of methoxy groups -OCH3 is 1. The van der Waals surface area contributed by atoms with E-state index in [4.69, 9.17) is 4.74 Å². The molecule has 0 aromatic carbocycles. The zero-order valence-corrected chi connectivity index (χ0v) is 10.2. The smallest absolute Gasteiger partial charge is 0.0755 e. The molecule has 0 bridgehead atoms. The van der Waals surface area contributed by atoms with Crippen molar-refractivity contribution in [1.82, 2.24) is 5.32 Å². The summed E-state index contributed by atoms with van der Waals surface area (Å²) in [6.45, 7) is 3.81. The zero-order chi connectivity index (χ0) is 11.1. The van der Waals surface area contributed by atoms with E-state index < -0.39 is 0 Å². The molecule has 0 saturated heterocycles. The second kappa shape index (κ2) is 7.02. The van der Waals surface area contributed by atoms with E-state index in [1.807, 2.05) is 20.2 Å². The monoisotopic (exact) mass is 211 g/mol. The highest BCUT2D eigenvalue weighted by Crippen LogP contribution is 2.29. The first kappa shape index (κ1) is 12.7. The summed E-state index contributed by atoms with van der Waals surface area (Å²) >= 11 is 0. The number of nitrogens with one attached hydrogen (secondary N) is 1. The van der Waals surface area contributed by atoms with Gasteiger partial charge in [0.1, 0.15) is 0 Å². The molecule has 15 heavy (non-hydrogen) atoms. The molecule has 1 aliphatic rings. The van der Waals surface area contributed by atoms with Gasteiger partial charge in [-0.1, -0.05) is 25.3 Å². The molecule has 0 radical (unpaired) electrons. The van der Waals surface area contributed by atoms with Gasteiger partial charge in [-0.2, -0.15) is 0 Å². The second-order valence-corrected chi connectivity index (χ2v) is 4.52. The van der Waals surface area contributed by atoms with Crippen LogP contribution < -0.4 is 5.32 Å². The van der Waals surface area contributed by atoms with Crippen molar-refractivity contribution in [2.75, 3.05) is 14.2 Å². The van der Waals surface area contributed by atoms with Crippen molar-refractivity contribution in [1.29, 1.82) is 0 Å². The summed E-state index contributed by atoms with van der Waals surface area (Å²) in [4.78, 5) is 0. The van der Waals surface area contributed by atoms with Gasteiger partial charge in [0.15, 0.2) is 0 Å². The molecule has 88 valence electrons. The predicted octanol–water partition coefficient (Wildman–Crippen LogP) is 2.75. The van der Waals surface area contributed by atoms with E-state index in [1.54, 1.807) is 0 Å². The highest BCUT2D eigenvalue weighted by atomic mass is 16.5. The number of ether oxygens (including phenoxy) is 1. The van der Waals surface area contributed by atoms with Gasteiger partial charge in [-0.15, -0.1) is 6.58 Å². The highest BCUT2D eigenvalue weighted by Gasteiger charge is 2.28. The summed E-state index contributed by atoms with van der Waals surface area (Å²) in [5.41, 5.74) is 0. The lowest BCUT2D eigenvalue weighted by Crippen LogP contribution is -2.43. The average molecular weight is 211 g/mol. The molecule has 1 fully saturated rings. The minimum absolute atomic E-state index is 0.355. The maximum absolute atomic E-state index is 5.69. The molecule has 1 saturated carbocycles. The maximum Gasteiger partial charge on any atom is 0.0755 e. The topological polar surface area (TPSA) is 21.3 Å². The van der Waals surface area contributed by atoms with Crippen molar-refractivity contribution < 1.29 is 4.74 Å². The van der Waals surface area contributed by atoms with Crippen molar-refractivity contribution in [2.45, 2.75) is 50.7 Å². The van der Waals surface area contributed by atoms with Crippen molar-refractivity contribution in [3.05, 3.63) is 12.7 Å². The van der Waals surface area contributed by atoms with E-state index in [0.29, 0.717) is 12.1 Å². The summed E-state index contributed by atoms with van der Waals surface area (Å²) in [6.07, 6.45) is 10.1. The van der Waals surface area contributed by atoms with Crippen molar-refractivity contribution >= 4 is 0 Å². The molecule has 1 aliphatic carbocycles. The number of rotatable bonds is 6. The first-order valence-electron chi connectivity index (χ1n) is 6.14. The lowest BCUT2D eigenvalue weighted by molar-refractivity contribution is 0.0108. The summed E-state index contributed by atoms with van der Waals surface area (Å²) in [5.74, 6) is 0.737. The van der Waals surface area contributed by atoms with E-state index in [9.17, 15) is 0 Å². The summed E-state index contributed by atoms with van der Waals surface area (Å²) in [6, 6.07) is 0.426. The van der Waals surface area contributed by atoms with Crippen LogP contribution in [-0.4, -0.2) is 26.3 Å². The number of likely N-dealkylation sites (N-methyl/N-ethyl adjacent to an activating group) is 1. The molecule has 1 N–H and O–H groups in total. The third kappa shape index (κ3) is 3.62. The molecule has 0 aliphatic heterocycles. The molecule has 0 spiro atoms. The lowest BCUT2D eigenvalue weighted by atomic mass is 9.82. The second-order valence-electron chi connectivity index (χ2n) is 4.52. The minimum atomic E-state index is 0.355. The Kier molecular flexibility index (Phi) is 5.96. The zero-order valence-electron chi connectivity index (χ0n) is 10.2. The predicted molar refractivity (Wildman–Crippen MR) is 65.0 cm³/mol. The molecular formula is C13H25NO. The Morgan fingerprint density at radius 3 is 2.53 bits per heavy atom. The quantitative estimate of drug-likeness (QED) is 0.682. The van der Waals surface area contributed by atoms with Crippen LogP contribution >= 0.6 is 0 Å². The van der Waals surface area contributed by atoms with Gasteiger partial charge in [0.2, 0.25) is 0 Å². The fraction of sp³-hybridized carbons (Fsp3) is 0.846. The van der Waals surface area contributed by atoms with Gasteiger partial charge in [0.05, 0.1) is 6.10 Å². The Morgan fingerprint density at radius 2 is 2.07 bits per heavy atom. The van der Waals surface area contributed by atoms with E-state index in [2.05, 4.69) is 11.9 Å². The van der Waals surface area contributed by atoms with E-state index >= 15 is 0 Å². The van der Waals surface area contributed by atoms with Crippen LogP contribution in [0.5, 0.6) is 0 Å². The Morgan fingerprint density at radius 1 is 1.40 bits per heavy atom. The molecule has 2 heteroatoms. The van der Waals surface area contributed by atoms with Crippen LogP contribution in [0.2, 0.25) is 0 Å². The Bertz CT molecular complexity index is 175. The molecule has 0 amide bonds. The van der Waals surface area contributed by atoms with E-state index in [-0.39, 0.29) is 0 Å². The van der Waals surface area contributed by atoms with Crippen LogP contribution in [0.4, 0.5) is 0 Å². The van der Waals surface area contributed by atoms with Gasteiger partial charge in [-0.3, -0.25) is 0 Å². The van der Waals surface area contributed by atoms with Crippen LogP contribution in [-0.2, 0) is 4.74 Å². The van der Waals surface area contributed by atoms with E-state index in [0.717, 1.165) is 12.3 Å². The Balaban J connectivity index is 2.53. The third-order valence-corrected chi connectivity index (χ3v) is 3.57. The van der Waals surface area contributed by atoms with Crippen LogP contribution in [0, 0.1) is 5.92 Å². The van der Waals surface area contributed by atoms with Crippen LogP contribution in [0.1, 0.15) is 38.5 Å². The van der Waals surface area contributed by atoms with Gasteiger partial charge in [0.25, 0.3) is 0 Å². The standard InChI is InChI=1S/C13H25NO/c1-4-8-12(14-2)13(15-3)11-9-6-5-7-10-11/h4,11-14H,1,5-10H2,2-3H3. The fourth-order valence-electron chi connectivity index (χ4n) is 2.74. The van der Waals surface area contributed by atoms with Crippen LogP contribution in [0.25, 0.3) is 0 Å². The van der Waals surface area contributed by atoms with Crippen molar-refractivity contribution in [3.8, 4) is 0 Å².